The number of nitrogens with zero attached hydrogens (tertiary/aromatic N) is 3. The second-order valence-corrected chi connectivity index (χ2v) is 4.37. The molecule has 0 amide bonds. The molecule has 19 heavy (non-hydrogen) atoms. The van der Waals surface area contributed by atoms with Crippen LogP contribution in [0, 0.1) is 11.6 Å². The zero-order chi connectivity index (χ0) is 13.8. The van der Waals surface area contributed by atoms with E-state index in [-0.39, 0.29) is 18.0 Å². The van der Waals surface area contributed by atoms with Crippen molar-refractivity contribution in [2.24, 2.45) is 5.73 Å². The fourth-order valence-corrected chi connectivity index (χ4v) is 2.01. The van der Waals surface area contributed by atoms with Crippen LogP contribution in [-0.4, -0.2) is 20.8 Å². The quantitative estimate of drug-likeness (QED) is 0.896. The summed E-state index contributed by atoms with van der Waals surface area (Å²) in [4.78, 5) is 4.11. The summed E-state index contributed by atoms with van der Waals surface area (Å²) >= 11 is 0. The van der Waals surface area contributed by atoms with E-state index in [1.165, 1.54) is 12.4 Å². The lowest BCUT2D eigenvalue weighted by Crippen LogP contribution is -2.27. The normalized spacial score (nSPS) is 12.6. The highest BCUT2D eigenvalue weighted by Gasteiger charge is 2.14. The zero-order valence-electron chi connectivity index (χ0n) is 10.7. The van der Waals surface area contributed by atoms with E-state index in [1.54, 1.807) is 10.7 Å². The average Bonchev–Trinajstić information content (AvgIpc) is 2.82. The molecule has 1 aromatic heterocycles. The molecule has 0 fully saturated rings. The van der Waals surface area contributed by atoms with Crippen LogP contribution in [0.2, 0.25) is 0 Å². The highest BCUT2D eigenvalue weighted by molar-refractivity contribution is 5.20. The van der Waals surface area contributed by atoms with E-state index < -0.39 is 11.6 Å². The predicted octanol–water partition coefficient (Wildman–Crippen LogP) is 1.69. The van der Waals surface area contributed by atoms with Gasteiger partial charge in [0.25, 0.3) is 0 Å². The van der Waals surface area contributed by atoms with Crippen LogP contribution in [0.1, 0.15) is 18.3 Å². The monoisotopic (exact) mass is 266 g/mol. The Balaban J connectivity index is 2.05. The molecule has 1 heterocycles. The van der Waals surface area contributed by atoms with Crippen molar-refractivity contribution in [3.05, 3.63) is 47.5 Å². The molecule has 6 heteroatoms. The number of halogens is 2. The lowest BCUT2D eigenvalue weighted by Gasteiger charge is -2.12. The van der Waals surface area contributed by atoms with Crippen molar-refractivity contribution < 1.29 is 8.78 Å². The standard InChI is InChI=1S/C13H16F2N4/c1-2-19-12(17-8-18-19)7-10(16)6-9-4-3-5-11(14)13(9)15/h3-5,8,10H,2,6-7,16H2,1H3. The fourth-order valence-electron chi connectivity index (χ4n) is 2.01. The van der Waals surface area contributed by atoms with Gasteiger partial charge in [-0.2, -0.15) is 5.10 Å². The Kier molecular flexibility index (Phi) is 4.21. The van der Waals surface area contributed by atoms with Crippen molar-refractivity contribution in [1.29, 1.82) is 0 Å². The van der Waals surface area contributed by atoms with Gasteiger partial charge in [0, 0.05) is 19.0 Å². The van der Waals surface area contributed by atoms with Crippen LogP contribution >= 0.6 is 0 Å². The van der Waals surface area contributed by atoms with Crippen LogP contribution in [0.3, 0.4) is 0 Å². The van der Waals surface area contributed by atoms with Crippen LogP contribution < -0.4 is 5.73 Å². The molecule has 0 saturated heterocycles. The maximum Gasteiger partial charge on any atom is 0.162 e. The Morgan fingerprint density at radius 1 is 1.32 bits per heavy atom. The molecule has 0 aliphatic heterocycles. The number of nitrogens with two attached hydrogens (primary N) is 1. The lowest BCUT2D eigenvalue weighted by atomic mass is 10.0. The highest BCUT2D eigenvalue weighted by atomic mass is 19.2. The third kappa shape index (κ3) is 3.14. The van der Waals surface area contributed by atoms with E-state index in [4.69, 9.17) is 5.73 Å². The largest absolute Gasteiger partial charge is 0.327 e. The topological polar surface area (TPSA) is 56.7 Å². The van der Waals surface area contributed by atoms with Gasteiger partial charge in [0.2, 0.25) is 0 Å². The number of hydrogen-bond donors (Lipinski definition) is 1. The predicted molar refractivity (Wildman–Crippen MR) is 67.4 cm³/mol. The summed E-state index contributed by atoms with van der Waals surface area (Å²) in [6.45, 7) is 2.66. The van der Waals surface area contributed by atoms with E-state index in [1.807, 2.05) is 6.92 Å². The molecule has 2 N–H and O–H groups in total. The van der Waals surface area contributed by atoms with Crippen molar-refractivity contribution >= 4 is 0 Å². The maximum absolute atomic E-state index is 13.5. The molecule has 0 spiro atoms. The summed E-state index contributed by atoms with van der Waals surface area (Å²) < 4.78 is 28.3. The van der Waals surface area contributed by atoms with Gasteiger partial charge in [0.05, 0.1) is 0 Å². The molecule has 1 atom stereocenters. The minimum absolute atomic E-state index is 0.264. The Morgan fingerprint density at radius 3 is 2.84 bits per heavy atom. The third-order valence-electron chi connectivity index (χ3n) is 2.95. The number of benzene rings is 1. The van der Waals surface area contributed by atoms with Gasteiger partial charge in [-0.1, -0.05) is 12.1 Å². The van der Waals surface area contributed by atoms with Gasteiger partial charge in [0.1, 0.15) is 12.2 Å². The molecular weight excluding hydrogens is 250 g/mol. The molecule has 102 valence electrons. The Hall–Kier alpha value is -1.82. The van der Waals surface area contributed by atoms with Crippen molar-refractivity contribution in [3.63, 3.8) is 0 Å². The van der Waals surface area contributed by atoms with E-state index in [0.29, 0.717) is 13.0 Å². The number of aryl methyl sites for hydroxylation is 1. The number of hydrogen-bond acceptors (Lipinski definition) is 3. The molecule has 1 unspecified atom stereocenters. The Labute approximate surface area is 110 Å². The van der Waals surface area contributed by atoms with Crippen molar-refractivity contribution in [3.8, 4) is 0 Å². The van der Waals surface area contributed by atoms with Gasteiger partial charge in [-0.25, -0.2) is 13.8 Å². The smallest absolute Gasteiger partial charge is 0.162 e. The number of aromatic nitrogens is 3. The summed E-state index contributed by atoms with van der Waals surface area (Å²) in [5.74, 6) is -0.914. The molecule has 2 rings (SSSR count). The Bertz CT molecular complexity index is 553. The van der Waals surface area contributed by atoms with Crippen LogP contribution in [0.15, 0.2) is 24.5 Å². The summed E-state index contributed by atoms with van der Waals surface area (Å²) in [5.41, 5.74) is 6.26. The van der Waals surface area contributed by atoms with Gasteiger partial charge in [-0.05, 0) is 25.0 Å². The lowest BCUT2D eigenvalue weighted by molar-refractivity contribution is 0.489. The second kappa shape index (κ2) is 5.88. The first kappa shape index (κ1) is 13.6. The first-order chi connectivity index (χ1) is 9.11. The first-order valence-corrected chi connectivity index (χ1v) is 6.17. The van der Waals surface area contributed by atoms with Gasteiger partial charge in [0.15, 0.2) is 11.6 Å². The van der Waals surface area contributed by atoms with Crippen LogP contribution in [-0.2, 0) is 19.4 Å². The van der Waals surface area contributed by atoms with Crippen molar-refractivity contribution in [1.82, 2.24) is 14.8 Å². The maximum atomic E-state index is 13.5. The van der Waals surface area contributed by atoms with Crippen LogP contribution in [0.4, 0.5) is 8.78 Å². The van der Waals surface area contributed by atoms with E-state index in [2.05, 4.69) is 10.1 Å². The number of rotatable bonds is 5. The SMILES string of the molecule is CCn1ncnc1CC(N)Cc1cccc(F)c1F. The summed E-state index contributed by atoms with van der Waals surface area (Å²) in [6, 6.07) is 3.79. The molecule has 1 aromatic carbocycles. The minimum atomic E-state index is -0.846. The van der Waals surface area contributed by atoms with Crippen LogP contribution in [0.5, 0.6) is 0 Å². The Morgan fingerprint density at radius 2 is 2.11 bits per heavy atom. The molecular formula is C13H16F2N4. The summed E-state index contributed by atoms with van der Waals surface area (Å²) in [5, 5.41) is 4.04. The van der Waals surface area contributed by atoms with E-state index >= 15 is 0 Å². The first-order valence-electron chi connectivity index (χ1n) is 6.17. The molecule has 2 aromatic rings. The van der Waals surface area contributed by atoms with Gasteiger partial charge >= 0.3 is 0 Å². The second-order valence-electron chi connectivity index (χ2n) is 4.37. The van der Waals surface area contributed by atoms with E-state index in [0.717, 1.165) is 11.9 Å². The van der Waals surface area contributed by atoms with Crippen molar-refractivity contribution in [2.45, 2.75) is 32.4 Å². The molecule has 0 bridgehead atoms. The summed E-state index contributed by atoms with van der Waals surface area (Å²) in [7, 11) is 0. The minimum Gasteiger partial charge on any atom is -0.327 e. The molecule has 0 saturated carbocycles. The fraction of sp³-hybridized carbons (Fsp3) is 0.385. The molecule has 0 radical (unpaired) electrons. The molecule has 4 nitrogen and oxygen atoms in total. The molecule has 0 aliphatic rings. The third-order valence-corrected chi connectivity index (χ3v) is 2.95. The van der Waals surface area contributed by atoms with Gasteiger partial charge < -0.3 is 5.73 Å². The zero-order valence-corrected chi connectivity index (χ0v) is 10.7. The average molecular weight is 266 g/mol. The van der Waals surface area contributed by atoms with Crippen LogP contribution in [0.25, 0.3) is 0 Å². The highest BCUT2D eigenvalue weighted by Crippen LogP contribution is 2.14. The summed E-state index contributed by atoms with van der Waals surface area (Å²) in [6.07, 6.45) is 2.21. The molecule has 0 aliphatic carbocycles. The van der Waals surface area contributed by atoms with Gasteiger partial charge in [-0.3, -0.25) is 4.68 Å². The van der Waals surface area contributed by atoms with E-state index in [9.17, 15) is 8.78 Å². The van der Waals surface area contributed by atoms with Gasteiger partial charge in [-0.15, -0.1) is 0 Å². The van der Waals surface area contributed by atoms with Crippen molar-refractivity contribution in [2.75, 3.05) is 0 Å².